The van der Waals surface area contributed by atoms with Crippen LogP contribution in [0.1, 0.15) is 26.3 Å². The zero-order valence-corrected chi connectivity index (χ0v) is 19.2. The second-order valence-electron chi connectivity index (χ2n) is 8.52. The zero-order chi connectivity index (χ0) is 24.5. The zero-order valence-electron chi connectivity index (χ0n) is 19.2. The van der Waals surface area contributed by atoms with Gasteiger partial charge in [-0.25, -0.2) is 4.39 Å². The highest BCUT2D eigenvalue weighted by Gasteiger charge is 2.27. The minimum Gasteiger partial charge on any atom is -0.455 e. The SMILES string of the molecule is Cc1c(-c2ccccc2)oc2c(C(=O)N3CCN(C(=O)c4ccc(F)cc4)CC3)cccc2c1=O. The summed E-state index contributed by atoms with van der Waals surface area (Å²) in [5.74, 6) is -0.408. The molecule has 1 fully saturated rings. The van der Waals surface area contributed by atoms with Gasteiger partial charge in [0.1, 0.15) is 11.6 Å². The average Bonchev–Trinajstić information content (AvgIpc) is 2.90. The first-order valence-electron chi connectivity index (χ1n) is 11.4. The van der Waals surface area contributed by atoms with Crippen LogP contribution in [-0.2, 0) is 0 Å². The molecule has 2 amide bonds. The molecule has 5 rings (SSSR count). The van der Waals surface area contributed by atoms with Gasteiger partial charge in [-0.1, -0.05) is 36.4 Å². The van der Waals surface area contributed by atoms with Crippen molar-refractivity contribution < 1.29 is 18.4 Å². The third kappa shape index (κ3) is 4.21. The van der Waals surface area contributed by atoms with Crippen LogP contribution in [0.3, 0.4) is 0 Å². The van der Waals surface area contributed by atoms with Crippen LogP contribution < -0.4 is 5.43 Å². The van der Waals surface area contributed by atoms with E-state index in [0.29, 0.717) is 54.0 Å². The van der Waals surface area contributed by atoms with Crippen molar-refractivity contribution in [2.24, 2.45) is 0 Å². The molecule has 0 unspecified atom stereocenters. The Hall–Kier alpha value is -4.26. The standard InChI is InChI=1S/C28H23FN2O4/c1-18-24(32)22-8-5-9-23(26(22)35-25(18)19-6-3-2-4-7-19)28(34)31-16-14-30(15-17-31)27(33)20-10-12-21(29)13-11-20/h2-13H,14-17H2,1H3. The maximum atomic E-state index is 13.5. The highest BCUT2D eigenvalue weighted by molar-refractivity contribution is 6.05. The summed E-state index contributed by atoms with van der Waals surface area (Å²) in [6, 6.07) is 19.8. The summed E-state index contributed by atoms with van der Waals surface area (Å²) in [6.07, 6.45) is 0. The lowest BCUT2D eigenvalue weighted by molar-refractivity contribution is 0.0536. The number of halogens is 1. The molecule has 1 aliphatic rings. The van der Waals surface area contributed by atoms with E-state index in [1.807, 2.05) is 30.3 Å². The first-order chi connectivity index (χ1) is 16.9. The van der Waals surface area contributed by atoms with Crippen LogP contribution in [0.4, 0.5) is 4.39 Å². The van der Waals surface area contributed by atoms with Gasteiger partial charge in [-0.3, -0.25) is 14.4 Å². The Morgan fingerprint density at radius 3 is 2.09 bits per heavy atom. The molecule has 0 radical (unpaired) electrons. The van der Waals surface area contributed by atoms with E-state index in [9.17, 15) is 18.8 Å². The summed E-state index contributed by atoms with van der Waals surface area (Å²) in [6.45, 7) is 3.10. The Morgan fingerprint density at radius 2 is 1.43 bits per heavy atom. The summed E-state index contributed by atoms with van der Waals surface area (Å²) in [4.78, 5) is 42.6. The van der Waals surface area contributed by atoms with E-state index in [1.165, 1.54) is 24.3 Å². The molecule has 6 nitrogen and oxygen atoms in total. The second kappa shape index (κ2) is 9.18. The first-order valence-corrected chi connectivity index (χ1v) is 11.4. The summed E-state index contributed by atoms with van der Waals surface area (Å²) >= 11 is 0. The number of hydrogen-bond acceptors (Lipinski definition) is 4. The molecule has 0 saturated carbocycles. The summed E-state index contributed by atoms with van der Waals surface area (Å²) in [5.41, 5.74) is 2.06. The highest BCUT2D eigenvalue weighted by Crippen LogP contribution is 2.28. The van der Waals surface area contributed by atoms with Crippen LogP contribution in [-0.4, -0.2) is 47.8 Å². The smallest absolute Gasteiger partial charge is 0.257 e. The van der Waals surface area contributed by atoms with E-state index in [4.69, 9.17) is 4.42 Å². The fraction of sp³-hybridized carbons (Fsp3) is 0.179. The van der Waals surface area contributed by atoms with Crippen LogP contribution in [0.5, 0.6) is 0 Å². The lowest BCUT2D eigenvalue weighted by atomic mass is 10.0. The quantitative estimate of drug-likeness (QED) is 0.442. The predicted molar refractivity (Wildman–Crippen MR) is 131 cm³/mol. The van der Waals surface area contributed by atoms with Crippen molar-refractivity contribution in [3.8, 4) is 11.3 Å². The number of piperazine rings is 1. The van der Waals surface area contributed by atoms with Gasteiger partial charge in [0, 0.05) is 42.9 Å². The Morgan fingerprint density at radius 1 is 0.800 bits per heavy atom. The molecule has 0 N–H and O–H groups in total. The summed E-state index contributed by atoms with van der Waals surface area (Å²) < 4.78 is 19.4. The molecule has 0 aliphatic carbocycles. The highest BCUT2D eigenvalue weighted by atomic mass is 19.1. The van der Waals surface area contributed by atoms with E-state index in [0.717, 1.165) is 5.56 Å². The molecule has 176 valence electrons. The van der Waals surface area contributed by atoms with Crippen LogP contribution in [0.15, 0.2) is 82.0 Å². The average molecular weight is 471 g/mol. The minimum absolute atomic E-state index is 0.172. The molecule has 1 saturated heterocycles. The van der Waals surface area contributed by atoms with E-state index < -0.39 is 5.82 Å². The molecule has 35 heavy (non-hydrogen) atoms. The van der Waals surface area contributed by atoms with Crippen LogP contribution in [0, 0.1) is 12.7 Å². The van der Waals surface area contributed by atoms with Gasteiger partial charge in [0.25, 0.3) is 11.8 Å². The van der Waals surface area contributed by atoms with Gasteiger partial charge in [0.15, 0.2) is 11.0 Å². The summed E-state index contributed by atoms with van der Waals surface area (Å²) in [5, 5.41) is 0.359. The third-order valence-electron chi connectivity index (χ3n) is 6.36. The second-order valence-corrected chi connectivity index (χ2v) is 8.52. The molecule has 3 aromatic carbocycles. The van der Waals surface area contributed by atoms with Gasteiger partial charge in [-0.15, -0.1) is 0 Å². The molecule has 4 aromatic rings. The Labute approximate surface area is 201 Å². The van der Waals surface area contributed by atoms with E-state index in [-0.39, 0.29) is 22.8 Å². The fourth-order valence-electron chi connectivity index (χ4n) is 4.40. The number of benzene rings is 3. The molecular formula is C28H23FN2O4. The Kier molecular flexibility index (Phi) is 5.91. The van der Waals surface area contributed by atoms with Crippen molar-refractivity contribution in [3.63, 3.8) is 0 Å². The molecule has 1 aromatic heterocycles. The summed E-state index contributed by atoms with van der Waals surface area (Å²) in [7, 11) is 0. The predicted octanol–water partition coefficient (Wildman–Crippen LogP) is 4.51. The van der Waals surface area contributed by atoms with Crippen molar-refractivity contribution >= 4 is 22.8 Å². The van der Waals surface area contributed by atoms with E-state index >= 15 is 0 Å². The molecule has 1 aliphatic heterocycles. The van der Waals surface area contributed by atoms with Crippen molar-refractivity contribution in [3.05, 3.63) is 106 Å². The van der Waals surface area contributed by atoms with Crippen molar-refractivity contribution in [1.82, 2.24) is 9.80 Å². The molecule has 2 heterocycles. The van der Waals surface area contributed by atoms with Gasteiger partial charge < -0.3 is 14.2 Å². The number of carbonyl (C=O) groups excluding carboxylic acids is 2. The van der Waals surface area contributed by atoms with Gasteiger partial charge in [0.05, 0.1) is 10.9 Å². The topological polar surface area (TPSA) is 70.8 Å². The number of carbonyl (C=O) groups is 2. The van der Waals surface area contributed by atoms with Gasteiger partial charge in [-0.05, 0) is 43.3 Å². The third-order valence-corrected chi connectivity index (χ3v) is 6.36. The Balaban J connectivity index is 1.41. The lowest BCUT2D eigenvalue weighted by Gasteiger charge is -2.35. The van der Waals surface area contributed by atoms with Crippen molar-refractivity contribution in [2.75, 3.05) is 26.2 Å². The van der Waals surface area contributed by atoms with Gasteiger partial charge >= 0.3 is 0 Å². The first kappa shape index (κ1) is 22.5. The Bertz CT molecular complexity index is 1470. The van der Waals surface area contributed by atoms with Crippen LogP contribution in [0.2, 0.25) is 0 Å². The number of para-hydroxylation sites is 1. The number of fused-ring (bicyclic) bond motifs is 1. The normalized spacial score (nSPS) is 13.8. The molecule has 7 heteroatoms. The van der Waals surface area contributed by atoms with Crippen LogP contribution in [0.25, 0.3) is 22.3 Å². The molecular weight excluding hydrogens is 447 g/mol. The van der Waals surface area contributed by atoms with E-state index in [2.05, 4.69) is 0 Å². The van der Waals surface area contributed by atoms with Crippen LogP contribution >= 0.6 is 0 Å². The number of hydrogen-bond donors (Lipinski definition) is 0. The molecule has 0 bridgehead atoms. The number of rotatable bonds is 3. The minimum atomic E-state index is -0.399. The van der Waals surface area contributed by atoms with Crippen molar-refractivity contribution in [1.29, 1.82) is 0 Å². The molecule has 0 atom stereocenters. The largest absolute Gasteiger partial charge is 0.455 e. The maximum Gasteiger partial charge on any atom is 0.257 e. The molecule has 0 spiro atoms. The maximum absolute atomic E-state index is 13.5. The van der Waals surface area contributed by atoms with E-state index in [1.54, 1.807) is 34.9 Å². The van der Waals surface area contributed by atoms with Gasteiger partial charge in [0.2, 0.25) is 0 Å². The van der Waals surface area contributed by atoms with Gasteiger partial charge in [-0.2, -0.15) is 0 Å². The monoisotopic (exact) mass is 470 g/mol. The number of amides is 2. The van der Waals surface area contributed by atoms with Crippen molar-refractivity contribution in [2.45, 2.75) is 6.92 Å². The number of nitrogens with zero attached hydrogens (tertiary/aromatic N) is 2. The lowest BCUT2D eigenvalue weighted by Crippen LogP contribution is -2.50. The fourth-order valence-corrected chi connectivity index (χ4v) is 4.40.